The van der Waals surface area contributed by atoms with Gasteiger partial charge in [0, 0.05) is 5.70 Å². The highest BCUT2D eigenvalue weighted by molar-refractivity contribution is 5.69. The van der Waals surface area contributed by atoms with E-state index in [9.17, 15) is 4.79 Å². The van der Waals surface area contributed by atoms with Gasteiger partial charge >= 0.3 is 5.97 Å². The summed E-state index contributed by atoms with van der Waals surface area (Å²) < 4.78 is 10.2. The maximum atomic E-state index is 10.5. The van der Waals surface area contributed by atoms with E-state index in [-0.39, 0.29) is 12.0 Å². The number of rotatable bonds is 5. The van der Waals surface area contributed by atoms with E-state index in [2.05, 4.69) is 32.2 Å². The Morgan fingerprint density at radius 2 is 1.82 bits per heavy atom. The molecule has 5 nitrogen and oxygen atoms in total. The molecule has 2 rings (SSSR count). The van der Waals surface area contributed by atoms with E-state index in [0.29, 0.717) is 5.92 Å². The molecule has 2 N–H and O–H groups in total. The van der Waals surface area contributed by atoms with Crippen molar-refractivity contribution in [2.24, 2.45) is 11.3 Å². The van der Waals surface area contributed by atoms with E-state index in [1.165, 1.54) is 18.4 Å². The number of carboxylic acid groups (broad SMARTS) is 1. The predicted molar refractivity (Wildman–Crippen MR) is 116 cm³/mol. The van der Waals surface area contributed by atoms with Crippen LogP contribution in [-0.2, 0) is 4.79 Å². The van der Waals surface area contributed by atoms with E-state index < -0.39 is 5.97 Å². The molecule has 0 amide bonds. The molecule has 1 atom stereocenters. The second-order valence-electron chi connectivity index (χ2n) is 7.65. The Balaban J connectivity index is 0.000000497. The second kappa shape index (κ2) is 13.1. The number of benzene rings is 1. The van der Waals surface area contributed by atoms with Gasteiger partial charge in [-0.15, -0.1) is 0 Å². The molecule has 1 aliphatic rings. The summed E-state index contributed by atoms with van der Waals surface area (Å²) in [4.78, 5) is 10.5. The Morgan fingerprint density at radius 1 is 1.21 bits per heavy atom. The van der Waals surface area contributed by atoms with Crippen molar-refractivity contribution in [3.05, 3.63) is 35.5 Å². The van der Waals surface area contributed by atoms with Gasteiger partial charge in [-0.05, 0) is 55.2 Å². The summed E-state index contributed by atoms with van der Waals surface area (Å²) in [5.74, 6) is 1.30. The molecule has 0 heterocycles. The zero-order chi connectivity index (χ0) is 21.7. The largest absolute Gasteiger partial charge is 0.493 e. The molecule has 5 heteroatoms. The number of carboxylic acids is 1. The maximum absolute atomic E-state index is 10.5. The minimum atomic E-state index is -0.800. The van der Waals surface area contributed by atoms with Crippen molar-refractivity contribution in [3.8, 4) is 11.5 Å². The molecule has 0 aromatic heterocycles. The van der Waals surface area contributed by atoms with Crippen molar-refractivity contribution in [1.82, 2.24) is 5.32 Å². The molecule has 160 valence electrons. The normalized spacial score (nSPS) is 17.4. The van der Waals surface area contributed by atoms with Crippen LogP contribution in [0.15, 0.2) is 30.0 Å². The van der Waals surface area contributed by atoms with Crippen LogP contribution < -0.4 is 14.8 Å². The lowest BCUT2D eigenvalue weighted by Crippen LogP contribution is -2.24. The molecule has 0 bridgehead atoms. The Labute approximate surface area is 171 Å². The van der Waals surface area contributed by atoms with E-state index in [0.717, 1.165) is 23.6 Å². The number of methoxy groups -OCH3 is 2. The minimum Gasteiger partial charge on any atom is -0.493 e. The molecule has 0 saturated carbocycles. The van der Waals surface area contributed by atoms with Gasteiger partial charge in [0.2, 0.25) is 0 Å². The van der Waals surface area contributed by atoms with Crippen LogP contribution in [0.25, 0.3) is 0 Å². The molecular weight excluding hydrogens is 354 g/mol. The summed E-state index contributed by atoms with van der Waals surface area (Å²) in [6.45, 7) is 12.7. The summed E-state index contributed by atoms with van der Waals surface area (Å²) in [6.07, 6.45) is 5.51. The first-order chi connectivity index (χ1) is 13.2. The quantitative estimate of drug-likeness (QED) is 0.698. The first-order valence-electron chi connectivity index (χ1n) is 10.0. The summed E-state index contributed by atoms with van der Waals surface area (Å²) in [5.41, 5.74) is 2.54. The molecule has 0 fully saturated rings. The van der Waals surface area contributed by atoms with E-state index in [1.54, 1.807) is 14.2 Å². The smallest absolute Gasteiger partial charge is 0.322 e. The zero-order valence-corrected chi connectivity index (χ0v) is 18.9. The molecular formula is C23H39NO4. The van der Waals surface area contributed by atoms with E-state index in [1.807, 2.05) is 39.0 Å². The van der Waals surface area contributed by atoms with Gasteiger partial charge in [0.05, 0.1) is 14.2 Å². The van der Waals surface area contributed by atoms with Gasteiger partial charge in [0.1, 0.15) is 6.54 Å². The van der Waals surface area contributed by atoms with Crippen LogP contribution in [0.4, 0.5) is 0 Å². The standard InChI is InChI=1S/C12H21NO2.C9H12O2.C2H6/c1-9-4-5-12(2,3)7-10(6-9)13-8-11(14)15;1-7-4-5-8(10-2)9(6-7)11-3;1-2/h6,9,13H,4-5,7-8H2,1-3H3,(H,14,15);4-6H,1-3H3;1-2H3. The third-order valence-corrected chi connectivity index (χ3v) is 4.44. The Morgan fingerprint density at radius 3 is 2.36 bits per heavy atom. The Kier molecular flexibility index (Phi) is 12.1. The third-order valence-electron chi connectivity index (χ3n) is 4.44. The number of aryl methyl sites for hydroxylation is 1. The average molecular weight is 394 g/mol. The Hall–Kier alpha value is -2.17. The topological polar surface area (TPSA) is 67.8 Å². The van der Waals surface area contributed by atoms with Crippen molar-refractivity contribution in [2.45, 2.75) is 60.8 Å². The van der Waals surface area contributed by atoms with Gasteiger partial charge in [-0.25, -0.2) is 0 Å². The van der Waals surface area contributed by atoms with Crippen LogP contribution in [0.1, 0.15) is 59.4 Å². The number of allylic oxidation sites excluding steroid dienone is 2. The van der Waals surface area contributed by atoms with Crippen molar-refractivity contribution in [1.29, 1.82) is 0 Å². The third kappa shape index (κ3) is 10.2. The van der Waals surface area contributed by atoms with Crippen LogP contribution in [-0.4, -0.2) is 31.8 Å². The lowest BCUT2D eigenvalue weighted by atomic mass is 9.84. The van der Waals surface area contributed by atoms with Crippen molar-refractivity contribution in [3.63, 3.8) is 0 Å². The molecule has 0 spiro atoms. The predicted octanol–water partition coefficient (Wildman–Crippen LogP) is 5.43. The summed E-state index contributed by atoms with van der Waals surface area (Å²) >= 11 is 0. The molecule has 0 radical (unpaired) electrons. The van der Waals surface area contributed by atoms with Crippen LogP contribution in [0, 0.1) is 18.3 Å². The minimum absolute atomic E-state index is 0.0225. The van der Waals surface area contributed by atoms with Crippen LogP contribution >= 0.6 is 0 Å². The second-order valence-corrected chi connectivity index (χ2v) is 7.65. The van der Waals surface area contributed by atoms with Gasteiger partial charge < -0.3 is 19.9 Å². The molecule has 1 aliphatic carbocycles. The molecule has 0 saturated heterocycles. The van der Waals surface area contributed by atoms with Crippen LogP contribution in [0.2, 0.25) is 0 Å². The maximum Gasteiger partial charge on any atom is 0.322 e. The summed E-state index contributed by atoms with van der Waals surface area (Å²) in [5, 5.41) is 11.6. The fourth-order valence-corrected chi connectivity index (χ4v) is 2.96. The van der Waals surface area contributed by atoms with E-state index >= 15 is 0 Å². The summed E-state index contributed by atoms with van der Waals surface area (Å²) in [7, 11) is 3.27. The first kappa shape index (κ1) is 25.8. The average Bonchev–Trinajstić information content (AvgIpc) is 2.79. The highest BCUT2D eigenvalue weighted by Gasteiger charge is 2.23. The van der Waals surface area contributed by atoms with Gasteiger partial charge in [0.15, 0.2) is 11.5 Å². The van der Waals surface area contributed by atoms with Gasteiger partial charge in [-0.2, -0.15) is 0 Å². The van der Waals surface area contributed by atoms with Crippen LogP contribution in [0.3, 0.4) is 0 Å². The lowest BCUT2D eigenvalue weighted by molar-refractivity contribution is -0.135. The zero-order valence-electron chi connectivity index (χ0n) is 18.9. The fourth-order valence-electron chi connectivity index (χ4n) is 2.96. The molecule has 1 unspecified atom stereocenters. The number of hydrogen-bond donors (Lipinski definition) is 2. The number of hydrogen-bond acceptors (Lipinski definition) is 4. The van der Waals surface area contributed by atoms with Crippen LogP contribution in [0.5, 0.6) is 11.5 Å². The number of aliphatic carboxylic acids is 1. The van der Waals surface area contributed by atoms with Crippen molar-refractivity contribution < 1.29 is 19.4 Å². The summed E-state index contributed by atoms with van der Waals surface area (Å²) in [6, 6.07) is 5.83. The molecule has 0 aliphatic heterocycles. The number of carbonyl (C=O) groups is 1. The Bertz CT molecular complexity index is 623. The van der Waals surface area contributed by atoms with E-state index in [4.69, 9.17) is 14.6 Å². The monoisotopic (exact) mass is 393 g/mol. The van der Waals surface area contributed by atoms with Gasteiger partial charge in [-0.3, -0.25) is 4.79 Å². The SMILES string of the molecule is CC.CC1C=C(NCC(=O)O)CC(C)(C)CC1.COc1ccc(C)cc1OC. The van der Waals surface area contributed by atoms with Crippen molar-refractivity contribution >= 4 is 5.97 Å². The lowest BCUT2D eigenvalue weighted by Gasteiger charge is -2.24. The molecule has 1 aromatic rings. The first-order valence-corrected chi connectivity index (χ1v) is 10.0. The molecule has 1 aromatic carbocycles. The number of nitrogens with one attached hydrogen (secondary N) is 1. The van der Waals surface area contributed by atoms with Gasteiger partial charge in [-0.1, -0.05) is 46.8 Å². The van der Waals surface area contributed by atoms with Gasteiger partial charge in [0.25, 0.3) is 0 Å². The molecule has 28 heavy (non-hydrogen) atoms. The number of ether oxygens (including phenoxy) is 2. The fraction of sp³-hybridized carbons (Fsp3) is 0.609. The highest BCUT2D eigenvalue weighted by Crippen LogP contribution is 2.35. The van der Waals surface area contributed by atoms with Crippen molar-refractivity contribution in [2.75, 3.05) is 20.8 Å². The highest BCUT2D eigenvalue weighted by atomic mass is 16.5.